The number of ether oxygens (including phenoxy) is 2. The second-order valence-electron chi connectivity index (χ2n) is 5.19. The molecule has 1 amide bonds. The molecule has 0 spiro atoms. The zero-order chi connectivity index (χ0) is 13.7. The van der Waals surface area contributed by atoms with Crippen molar-refractivity contribution in [1.82, 2.24) is 4.90 Å². The first-order valence-electron chi connectivity index (χ1n) is 5.54. The van der Waals surface area contributed by atoms with Crippen molar-refractivity contribution in [3.8, 4) is 0 Å². The molecule has 7 heteroatoms. The van der Waals surface area contributed by atoms with E-state index in [1.807, 2.05) is 0 Å². The number of carbonyl (C=O) groups is 2. The third-order valence-electron chi connectivity index (χ3n) is 2.56. The summed E-state index contributed by atoms with van der Waals surface area (Å²) in [5.74, 6) is -1.03. The highest BCUT2D eigenvalue weighted by atomic mass is 35.5. The Morgan fingerprint density at radius 2 is 2.17 bits per heavy atom. The van der Waals surface area contributed by atoms with Crippen LogP contribution in [0.4, 0.5) is 0 Å². The van der Waals surface area contributed by atoms with Crippen molar-refractivity contribution >= 4 is 23.5 Å². The minimum Gasteiger partial charge on any atom is -0.455 e. The zero-order valence-electron chi connectivity index (χ0n) is 10.4. The molecule has 6 nitrogen and oxygen atoms in total. The number of amides is 1. The molecule has 0 bridgehead atoms. The number of carbonyl (C=O) groups excluding carboxylic acids is 2. The Hall–Kier alpha value is -1.11. The van der Waals surface area contributed by atoms with Crippen LogP contribution in [0, 0.1) is 0 Å². The van der Waals surface area contributed by atoms with Gasteiger partial charge in [0.1, 0.15) is 17.3 Å². The molecule has 1 fully saturated rings. The maximum atomic E-state index is 12.0. The van der Waals surface area contributed by atoms with Crippen molar-refractivity contribution in [2.24, 2.45) is 5.73 Å². The third kappa shape index (κ3) is 2.11. The Morgan fingerprint density at radius 3 is 2.72 bits per heavy atom. The maximum Gasteiger partial charge on any atom is 0.356 e. The second-order valence-corrected chi connectivity index (χ2v) is 5.65. The van der Waals surface area contributed by atoms with Gasteiger partial charge in [-0.25, -0.2) is 4.79 Å². The minimum absolute atomic E-state index is 0.0366. The summed E-state index contributed by atoms with van der Waals surface area (Å²) in [5.41, 5.74) is 4.95. The van der Waals surface area contributed by atoms with Gasteiger partial charge in [0.2, 0.25) is 0 Å². The van der Waals surface area contributed by atoms with E-state index in [0.717, 1.165) is 4.90 Å². The summed E-state index contributed by atoms with van der Waals surface area (Å²) in [7, 11) is 0. The average Bonchev–Trinajstić information content (AvgIpc) is 2.25. The van der Waals surface area contributed by atoms with Crippen LogP contribution in [0.5, 0.6) is 0 Å². The fourth-order valence-corrected chi connectivity index (χ4v) is 2.03. The van der Waals surface area contributed by atoms with Crippen molar-refractivity contribution in [3.63, 3.8) is 0 Å². The lowest BCUT2D eigenvalue weighted by Crippen LogP contribution is -2.71. The Kier molecular flexibility index (Phi) is 3.12. The van der Waals surface area contributed by atoms with Gasteiger partial charge in [-0.1, -0.05) is 11.6 Å². The lowest BCUT2D eigenvalue weighted by atomic mass is 10.0. The van der Waals surface area contributed by atoms with E-state index >= 15 is 0 Å². The Balaban J connectivity index is 2.25. The first-order chi connectivity index (χ1) is 8.22. The number of hydrogen-bond donors (Lipinski definition) is 1. The average molecular weight is 275 g/mol. The van der Waals surface area contributed by atoms with Gasteiger partial charge in [-0.2, -0.15) is 0 Å². The summed E-state index contributed by atoms with van der Waals surface area (Å²) in [6.45, 7) is 5.26. The van der Waals surface area contributed by atoms with Gasteiger partial charge >= 0.3 is 5.97 Å². The molecule has 2 N–H and O–H groups in total. The molecular weight excluding hydrogens is 260 g/mol. The topological polar surface area (TPSA) is 81.9 Å². The predicted octanol–water partition coefficient (Wildman–Crippen LogP) is 0.304. The van der Waals surface area contributed by atoms with Crippen molar-refractivity contribution < 1.29 is 19.1 Å². The Bertz CT molecular complexity index is 441. The third-order valence-corrected chi connectivity index (χ3v) is 2.84. The first-order valence-corrected chi connectivity index (χ1v) is 5.92. The highest BCUT2D eigenvalue weighted by Crippen LogP contribution is 2.34. The summed E-state index contributed by atoms with van der Waals surface area (Å²) >= 11 is 5.93. The van der Waals surface area contributed by atoms with E-state index in [4.69, 9.17) is 26.8 Å². The van der Waals surface area contributed by atoms with Crippen molar-refractivity contribution in [2.75, 3.05) is 6.61 Å². The highest BCUT2D eigenvalue weighted by molar-refractivity contribution is 6.32. The van der Waals surface area contributed by atoms with Crippen molar-refractivity contribution in [2.45, 2.75) is 38.6 Å². The molecular formula is C11H15ClN2O4. The van der Waals surface area contributed by atoms with Gasteiger partial charge < -0.3 is 15.2 Å². The van der Waals surface area contributed by atoms with Crippen molar-refractivity contribution in [1.29, 1.82) is 0 Å². The molecule has 2 aliphatic rings. The normalized spacial score (nSPS) is 27.8. The standard InChI is InChI=1S/C11H15ClN2O4/c1-11(2,3)18-10(16)7-5(12)4-17-9-6(13)8(15)14(7)9/h6,9H,4,13H2,1-3H3/t6-,9+/m0/s1. The first kappa shape index (κ1) is 13.3. The van der Waals surface area contributed by atoms with Gasteiger partial charge in [-0.3, -0.25) is 9.69 Å². The van der Waals surface area contributed by atoms with E-state index in [-0.39, 0.29) is 17.3 Å². The summed E-state index contributed by atoms with van der Waals surface area (Å²) in [5, 5.41) is 0.153. The van der Waals surface area contributed by atoms with Gasteiger partial charge in [0, 0.05) is 0 Å². The van der Waals surface area contributed by atoms with Crippen LogP contribution in [0.2, 0.25) is 0 Å². The number of halogens is 1. The van der Waals surface area contributed by atoms with E-state index in [0.29, 0.717) is 0 Å². The number of rotatable bonds is 1. The van der Waals surface area contributed by atoms with E-state index in [9.17, 15) is 9.59 Å². The molecule has 0 aliphatic carbocycles. The number of hydrogen-bond acceptors (Lipinski definition) is 5. The quantitative estimate of drug-likeness (QED) is 0.549. The molecule has 2 rings (SSSR count). The molecule has 0 aromatic carbocycles. The molecule has 0 aromatic rings. The number of nitrogens with two attached hydrogens (primary N) is 1. The van der Waals surface area contributed by atoms with Crippen LogP contribution in [0.1, 0.15) is 20.8 Å². The smallest absolute Gasteiger partial charge is 0.356 e. The summed E-state index contributed by atoms with van der Waals surface area (Å²) in [6, 6.07) is -0.743. The van der Waals surface area contributed by atoms with Crippen LogP contribution in [-0.4, -0.2) is 41.3 Å². The zero-order valence-corrected chi connectivity index (χ0v) is 11.2. The molecule has 1 saturated heterocycles. The van der Waals surface area contributed by atoms with Crippen LogP contribution in [-0.2, 0) is 19.1 Å². The lowest BCUT2D eigenvalue weighted by molar-refractivity contribution is -0.183. The van der Waals surface area contributed by atoms with Crippen LogP contribution in [0.3, 0.4) is 0 Å². The van der Waals surface area contributed by atoms with Gasteiger partial charge in [-0.05, 0) is 20.8 Å². The SMILES string of the molecule is CC(C)(C)OC(=O)C1=C(Cl)CO[C@@H]2[C@@H](N)C(=O)N12. The van der Waals surface area contributed by atoms with Crippen LogP contribution >= 0.6 is 11.6 Å². The number of fused-ring (bicyclic) bond motifs is 1. The Labute approximate surface area is 110 Å². The largest absolute Gasteiger partial charge is 0.455 e. The molecule has 100 valence electrons. The molecule has 0 aromatic heterocycles. The molecule has 18 heavy (non-hydrogen) atoms. The van der Waals surface area contributed by atoms with E-state index in [1.165, 1.54) is 0 Å². The fraction of sp³-hybridized carbons (Fsp3) is 0.636. The monoisotopic (exact) mass is 274 g/mol. The van der Waals surface area contributed by atoms with Crippen LogP contribution in [0.15, 0.2) is 10.7 Å². The number of nitrogens with zero attached hydrogens (tertiary/aromatic N) is 1. The molecule has 0 saturated carbocycles. The van der Waals surface area contributed by atoms with Gasteiger partial charge in [0.15, 0.2) is 6.23 Å². The van der Waals surface area contributed by atoms with Crippen LogP contribution < -0.4 is 5.73 Å². The predicted molar refractivity (Wildman–Crippen MR) is 63.3 cm³/mol. The highest BCUT2D eigenvalue weighted by Gasteiger charge is 2.53. The molecule has 2 heterocycles. The summed E-state index contributed by atoms with van der Waals surface area (Å²) in [4.78, 5) is 24.8. The molecule has 0 unspecified atom stereocenters. The van der Waals surface area contributed by atoms with Gasteiger partial charge in [0.05, 0.1) is 11.6 Å². The molecule has 0 radical (unpaired) electrons. The van der Waals surface area contributed by atoms with Gasteiger partial charge in [-0.15, -0.1) is 0 Å². The lowest BCUT2D eigenvalue weighted by Gasteiger charge is -2.47. The minimum atomic E-state index is -0.743. The van der Waals surface area contributed by atoms with Gasteiger partial charge in [0.25, 0.3) is 5.91 Å². The molecule has 2 atom stereocenters. The van der Waals surface area contributed by atoms with Crippen molar-refractivity contribution in [3.05, 3.63) is 10.7 Å². The maximum absolute atomic E-state index is 12.0. The second kappa shape index (κ2) is 4.22. The number of β-lactam (4-membered cyclic amide) rings is 1. The van der Waals surface area contributed by atoms with Crippen LogP contribution in [0.25, 0.3) is 0 Å². The Morgan fingerprint density at radius 1 is 1.56 bits per heavy atom. The molecule has 2 aliphatic heterocycles. The van der Waals surface area contributed by atoms with E-state index in [2.05, 4.69) is 0 Å². The number of esters is 1. The fourth-order valence-electron chi connectivity index (χ4n) is 1.80. The van der Waals surface area contributed by atoms with E-state index in [1.54, 1.807) is 20.8 Å². The summed E-state index contributed by atoms with van der Waals surface area (Å²) in [6.07, 6.45) is -0.623. The van der Waals surface area contributed by atoms with E-state index < -0.39 is 29.7 Å². The summed E-state index contributed by atoms with van der Waals surface area (Å²) < 4.78 is 10.5.